The Bertz CT molecular complexity index is 1790. The van der Waals surface area contributed by atoms with E-state index >= 15 is 4.39 Å². The second kappa shape index (κ2) is 12.5. The lowest BCUT2D eigenvalue weighted by Gasteiger charge is -2.32. The van der Waals surface area contributed by atoms with Gasteiger partial charge in [0.25, 0.3) is 0 Å². The summed E-state index contributed by atoms with van der Waals surface area (Å²) in [6, 6.07) is 4.47. The fourth-order valence-electron chi connectivity index (χ4n) is 5.32. The number of hydrogen-bond acceptors (Lipinski definition) is 9. The number of rotatable bonds is 4. The maximum atomic E-state index is 16.6. The number of nitriles is 1. The molecule has 0 saturated heterocycles. The Kier molecular flexibility index (Phi) is 8.85. The number of amides is 4. The number of urea groups is 1. The second-order valence-corrected chi connectivity index (χ2v) is 13.5. The Hall–Kier alpha value is -5.19. The van der Waals surface area contributed by atoms with Gasteiger partial charge in [0.15, 0.2) is 5.82 Å². The summed E-state index contributed by atoms with van der Waals surface area (Å²) in [5.41, 5.74) is -0.603. The van der Waals surface area contributed by atoms with Gasteiger partial charge in [-0.05, 0) is 84.4 Å². The van der Waals surface area contributed by atoms with Crippen LogP contribution < -0.4 is 25.6 Å². The van der Waals surface area contributed by atoms with Gasteiger partial charge in [-0.15, -0.1) is 0 Å². The van der Waals surface area contributed by atoms with Crippen LogP contribution in [0.2, 0.25) is 0 Å². The van der Waals surface area contributed by atoms with Gasteiger partial charge in [-0.2, -0.15) is 5.26 Å². The fourth-order valence-corrected chi connectivity index (χ4v) is 5.32. The predicted molar refractivity (Wildman–Crippen MR) is 173 cm³/mol. The molecule has 2 aromatic heterocycles. The van der Waals surface area contributed by atoms with E-state index < -0.39 is 35.2 Å². The van der Waals surface area contributed by atoms with Gasteiger partial charge in [0.05, 0.1) is 24.2 Å². The Morgan fingerprint density at radius 3 is 2.38 bits per heavy atom. The number of ether oxygens (including phenoxy) is 3. The third kappa shape index (κ3) is 7.29. The van der Waals surface area contributed by atoms with Crippen LogP contribution in [0.15, 0.2) is 24.5 Å². The first kappa shape index (κ1) is 33.2. The monoisotopic (exact) mass is 647 g/mol. The lowest BCUT2D eigenvalue weighted by molar-refractivity contribution is 0.0564. The van der Waals surface area contributed by atoms with Crippen molar-refractivity contribution < 1.29 is 33.0 Å². The minimum Gasteiger partial charge on any atom is -0.474 e. The van der Waals surface area contributed by atoms with Crippen LogP contribution in [0.3, 0.4) is 0 Å². The number of halogens is 1. The van der Waals surface area contributed by atoms with Crippen molar-refractivity contribution in [2.45, 2.75) is 78.6 Å². The highest BCUT2D eigenvalue weighted by Crippen LogP contribution is 2.42. The van der Waals surface area contributed by atoms with E-state index in [1.807, 2.05) is 0 Å². The van der Waals surface area contributed by atoms with Gasteiger partial charge in [-0.1, -0.05) is 0 Å². The van der Waals surface area contributed by atoms with E-state index in [1.165, 1.54) is 23.4 Å². The van der Waals surface area contributed by atoms with E-state index in [1.54, 1.807) is 54.5 Å². The van der Waals surface area contributed by atoms with Gasteiger partial charge >= 0.3 is 18.2 Å². The molecule has 0 spiro atoms. The number of benzene rings is 1. The van der Waals surface area contributed by atoms with Crippen LogP contribution in [-0.2, 0) is 9.47 Å². The molecule has 3 N–H and O–H groups in total. The van der Waals surface area contributed by atoms with Crippen molar-refractivity contribution in [2.24, 2.45) is 5.92 Å². The molecule has 3 aromatic rings. The van der Waals surface area contributed by atoms with Gasteiger partial charge in [-0.3, -0.25) is 15.5 Å². The van der Waals surface area contributed by atoms with E-state index in [4.69, 9.17) is 14.2 Å². The molecular formula is C33H38FN7O6. The van der Waals surface area contributed by atoms with Crippen molar-refractivity contribution >= 4 is 46.2 Å². The van der Waals surface area contributed by atoms with Crippen LogP contribution >= 0.6 is 0 Å². The third-order valence-electron chi connectivity index (χ3n) is 7.59. The first-order chi connectivity index (χ1) is 22.0. The van der Waals surface area contributed by atoms with Crippen molar-refractivity contribution in [2.75, 3.05) is 28.7 Å². The Morgan fingerprint density at radius 1 is 1.02 bits per heavy atom. The van der Waals surface area contributed by atoms with Crippen LogP contribution in [0.1, 0.15) is 59.9 Å². The Balaban J connectivity index is 1.59. The van der Waals surface area contributed by atoms with Crippen molar-refractivity contribution in [1.29, 1.82) is 5.26 Å². The minimum atomic E-state index is -0.881. The second-order valence-electron chi connectivity index (χ2n) is 13.5. The fraction of sp³-hybridized carbons (Fsp3) is 0.455. The summed E-state index contributed by atoms with van der Waals surface area (Å²) >= 11 is 0. The maximum absolute atomic E-state index is 16.6. The zero-order chi connectivity index (χ0) is 34.3. The largest absolute Gasteiger partial charge is 0.474 e. The summed E-state index contributed by atoms with van der Waals surface area (Å²) in [4.78, 5) is 48.8. The number of carbonyl (C=O) groups excluding carboxylic acids is 3. The molecule has 2 atom stereocenters. The van der Waals surface area contributed by atoms with E-state index in [0.717, 1.165) is 6.42 Å². The summed E-state index contributed by atoms with van der Waals surface area (Å²) in [6.07, 6.45) is 2.71. The molecule has 1 saturated carbocycles. The Labute approximate surface area is 271 Å². The lowest BCUT2D eigenvalue weighted by atomic mass is 9.81. The molecule has 1 aromatic carbocycles. The predicted octanol–water partition coefficient (Wildman–Crippen LogP) is 6.65. The average molecular weight is 648 g/mol. The van der Waals surface area contributed by atoms with Crippen LogP contribution in [0.5, 0.6) is 5.88 Å². The first-order valence-electron chi connectivity index (χ1n) is 15.3. The minimum absolute atomic E-state index is 0.0546. The summed E-state index contributed by atoms with van der Waals surface area (Å²) in [6.45, 7) is 12.4. The van der Waals surface area contributed by atoms with Crippen LogP contribution in [0.4, 0.5) is 36.0 Å². The molecule has 13 nitrogen and oxygen atoms in total. The molecule has 1 aliphatic carbocycles. The number of anilines is 3. The molecule has 14 heteroatoms. The highest BCUT2D eigenvalue weighted by Gasteiger charge is 2.34. The van der Waals surface area contributed by atoms with E-state index in [2.05, 4.69) is 32.0 Å². The number of hydrogen-bond donors (Lipinski definition) is 3. The maximum Gasteiger partial charge on any atom is 0.415 e. The van der Waals surface area contributed by atoms with Crippen LogP contribution in [0.25, 0.3) is 21.9 Å². The lowest BCUT2D eigenvalue weighted by Crippen LogP contribution is -2.47. The average Bonchev–Trinajstić information content (AvgIpc) is 2.95. The summed E-state index contributed by atoms with van der Waals surface area (Å²) in [5.74, 6) is -0.680. The summed E-state index contributed by atoms with van der Waals surface area (Å²) in [5, 5.41) is 17.8. The normalized spacial score (nSPS) is 17.4. The number of carbonyl (C=O) groups is 3. The molecule has 2 unspecified atom stereocenters. The third-order valence-corrected chi connectivity index (χ3v) is 7.59. The van der Waals surface area contributed by atoms with Gasteiger partial charge in [0.2, 0.25) is 5.88 Å². The first-order valence-corrected chi connectivity index (χ1v) is 15.3. The molecule has 5 rings (SSSR count). The summed E-state index contributed by atoms with van der Waals surface area (Å²) in [7, 11) is 0. The molecule has 3 heterocycles. The SMILES string of the molecule is Cc1c(-c2cc3cc(NC(=O)NC4CCC4C#N)ncc3c(NC(=O)OC(C)(C)C)c2F)cnc2c1N(C(=O)OC(C)(C)C)CCO2. The van der Waals surface area contributed by atoms with Crippen molar-refractivity contribution in [3.05, 3.63) is 35.9 Å². The van der Waals surface area contributed by atoms with Crippen LogP contribution in [0, 0.1) is 30.0 Å². The highest BCUT2D eigenvalue weighted by molar-refractivity contribution is 6.05. The van der Waals surface area contributed by atoms with Crippen LogP contribution in [-0.4, -0.2) is 58.6 Å². The van der Waals surface area contributed by atoms with E-state index in [-0.39, 0.29) is 53.4 Å². The molecular weight excluding hydrogens is 609 g/mol. The standard InChI is InChI=1S/C33H38FN7O6/c1-17-21(15-37-28-27(17)41(10-11-45-28)31(44)47-33(5,6)7)20-12-19-13-24(39-29(42)38-23-9-8-18(23)14-35)36-16-22(19)26(25(20)34)40-30(43)46-32(2,3)4/h12-13,15-16,18,23H,8-11H2,1-7H3,(H,40,43)(H2,36,38,39,42). The van der Waals surface area contributed by atoms with Crippen molar-refractivity contribution in [1.82, 2.24) is 15.3 Å². The summed E-state index contributed by atoms with van der Waals surface area (Å²) < 4.78 is 33.3. The zero-order valence-electron chi connectivity index (χ0n) is 27.4. The quantitative estimate of drug-likeness (QED) is 0.281. The molecule has 1 fully saturated rings. The number of nitrogens with zero attached hydrogens (tertiary/aromatic N) is 4. The topological polar surface area (TPSA) is 168 Å². The number of aromatic nitrogens is 2. The molecule has 0 bridgehead atoms. The van der Waals surface area contributed by atoms with Gasteiger partial charge in [0, 0.05) is 34.9 Å². The molecule has 1 aliphatic heterocycles. The zero-order valence-corrected chi connectivity index (χ0v) is 27.4. The Morgan fingerprint density at radius 2 is 1.74 bits per heavy atom. The molecule has 0 radical (unpaired) electrons. The van der Waals surface area contributed by atoms with Crippen molar-refractivity contribution in [3.63, 3.8) is 0 Å². The van der Waals surface area contributed by atoms with Gasteiger partial charge in [-0.25, -0.2) is 28.7 Å². The smallest absolute Gasteiger partial charge is 0.415 e. The van der Waals surface area contributed by atoms with Gasteiger partial charge in [0.1, 0.15) is 29.3 Å². The molecule has 47 heavy (non-hydrogen) atoms. The van der Waals surface area contributed by atoms with Crippen molar-refractivity contribution in [3.8, 4) is 23.1 Å². The van der Waals surface area contributed by atoms with E-state index in [0.29, 0.717) is 28.6 Å². The number of pyridine rings is 2. The molecule has 4 amide bonds. The number of fused-ring (bicyclic) bond motifs is 2. The highest BCUT2D eigenvalue weighted by atomic mass is 19.1. The molecule has 2 aliphatic rings. The molecule has 248 valence electrons. The number of nitrogens with one attached hydrogen (secondary N) is 3. The van der Waals surface area contributed by atoms with Gasteiger partial charge < -0.3 is 19.5 Å². The van der Waals surface area contributed by atoms with E-state index in [9.17, 15) is 19.6 Å².